The summed E-state index contributed by atoms with van der Waals surface area (Å²) in [6, 6.07) is 0.190. The van der Waals surface area contributed by atoms with E-state index in [2.05, 4.69) is 17.4 Å². The van der Waals surface area contributed by atoms with Gasteiger partial charge in [0.1, 0.15) is 0 Å². The molecule has 1 rings (SSSR count). The Morgan fingerprint density at radius 2 is 1.93 bits per heavy atom. The van der Waals surface area contributed by atoms with E-state index in [0.717, 1.165) is 10.7 Å². The van der Waals surface area contributed by atoms with Crippen LogP contribution in [-0.2, 0) is 4.84 Å². The second-order valence-corrected chi connectivity index (χ2v) is 5.97. The minimum atomic E-state index is -0.165. The average molecular weight is 228 g/mol. The molecule has 0 amide bonds. The van der Waals surface area contributed by atoms with Gasteiger partial charge in [-0.15, -0.1) is 11.3 Å². The molecule has 1 atom stereocenters. The highest BCUT2D eigenvalue weighted by molar-refractivity contribution is 7.11. The van der Waals surface area contributed by atoms with Gasteiger partial charge in [-0.2, -0.15) is 5.48 Å². The van der Waals surface area contributed by atoms with Gasteiger partial charge in [-0.3, -0.25) is 4.84 Å². The van der Waals surface area contributed by atoms with Crippen LogP contribution in [0.15, 0.2) is 0 Å². The number of thiazole rings is 1. The Labute approximate surface area is 95.8 Å². The SMILES string of the molecule is Cc1nc(C)c(C(C)NOC(C)(C)C)s1. The van der Waals surface area contributed by atoms with E-state index in [9.17, 15) is 0 Å². The highest BCUT2D eigenvalue weighted by Crippen LogP contribution is 2.24. The summed E-state index contributed by atoms with van der Waals surface area (Å²) >= 11 is 1.72. The summed E-state index contributed by atoms with van der Waals surface area (Å²) < 4.78 is 0. The largest absolute Gasteiger partial charge is 0.295 e. The van der Waals surface area contributed by atoms with E-state index in [1.165, 1.54) is 4.88 Å². The Morgan fingerprint density at radius 3 is 2.33 bits per heavy atom. The first-order valence-corrected chi connectivity index (χ1v) is 5.98. The van der Waals surface area contributed by atoms with Gasteiger partial charge in [0.15, 0.2) is 0 Å². The molecule has 0 spiro atoms. The first-order chi connectivity index (χ1) is 6.79. The summed E-state index contributed by atoms with van der Waals surface area (Å²) in [4.78, 5) is 11.2. The molecule has 1 unspecified atom stereocenters. The summed E-state index contributed by atoms with van der Waals surface area (Å²) in [7, 11) is 0. The molecule has 0 bridgehead atoms. The van der Waals surface area contributed by atoms with Gasteiger partial charge in [-0.25, -0.2) is 4.98 Å². The highest BCUT2D eigenvalue weighted by atomic mass is 32.1. The molecule has 0 fully saturated rings. The van der Waals surface area contributed by atoms with Crippen LogP contribution in [-0.4, -0.2) is 10.6 Å². The molecule has 0 radical (unpaired) electrons. The van der Waals surface area contributed by atoms with E-state index >= 15 is 0 Å². The van der Waals surface area contributed by atoms with Gasteiger partial charge >= 0.3 is 0 Å². The third kappa shape index (κ3) is 3.89. The smallest absolute Gasteiger partial charge is 0.0900 e. The fraction of sp³-hybridized carbons (Fsp3) is 0.727. The van der Waals surface area contributed by atoms with Crippen LogP contribution < -0.4 is 5.48 Å². The normalized spacial score (nSPS) is 14.3. The number of hydrogen-bond acceptors (Lipinski definition) is 4. The summed E-state index contributed by atoms with van der Waals surface area (Å²) in [5.41, 5.74) is 3.99. The van der Waals surface area contributed by atoms with E-state index < -0.39 is 0 Å². The van der Waals surface area contributed by atoms with Gasteiger partial charge < -0.3 is 0 Å². The first-order valence-electron chi connectivity index (χ1n) is 5.17. The number of aryl methyl sites for hydroxylation is 2. The van der Waals surface area contributed by atoms with Gasteiger partial charge in [0, 0.05) is 4.88 Å². The van der Waals surface area contributed by atoms with Crippen LogP contribution in [0.4, 0.5) is 0 Å². The molecule has 0 aliphatic heterocycles. The predicted molar refractivity (Wildman–Crippen MR) is 64.0 cm³/mol. The molecular weight excluding hydrogens is 208 g/mol. The van der Waals surface area contributed by atoms with Crippen LogP contribution in [0, 0.1) is 13.8 Å². The van der Waals surface area contributed by atoms with E-state index in [-0.39, 0.29) is 11.6 Å². The maximum Gasteiger partial charge on any atom is 0.0900 e. The molecule has 1 aromatic rings. The van der Waals surface area contributed by atoms with Gasteiger partial charge in [-0.05, 0) is 41.5 Å². The summed E-state index contributed by atoms with van der Waals surface area (Å²) in [5, 5.41) is 1.10. The van der Waals surface area contributed by atoms with Crippen LogP contribution in [0.25, 0.3) is 0 Å². The lowest BCUT2D eigenvalue weighted by Crippen LogP contribution is -2.30. The van der Waals surface area contributed by atoms with E-state index in [1.54, 1.807) is 11.3 Å². The molecule has 1 N–H and O–H groups in total. The Kier molecular flexibility index (Phi) is 3.87. The molecule has 3 nitrogen and oxygen atoms in total. The molecule has 0 aliphatic carbocycles. The standard InChI is InChI=1S/C11H20N2OS/c1-7-10(15-9(3)12-7)8(2)13-14-11(4,5)6/h8,13H,1-6H3. The number of aromatic nitrogens is 1. The molecule has 86 valence electrons. The third-order valence-corrected chi connectivity index (χ3v) is 3.13. The number of hydroxylamine groups is 1. The molecule has 15 heavy (non-hydrogen) atoms. The molecular formula is C11H20N2OS. The van der Waals surface area contributed by atoms with Crippen molar-refractivity contribution in [2.24, 2.45) is 0 Å². The molecule has 0 saturated heterocycles. The first kappa shape index (κ1) is 12.6. The van der Waals surface area contributed by atoms with Crippen LogP contribution in [0.5, 0.6) is 0 Å². The van der Waals surface area contributed by atoms with Crippen molar-refractivity contribution in [1.29, 1.82) is 0 Å². The highest BCUT2D eigenvalue weighted by Gasteiger charge is 2.16. The number of rotatable bonds is 3. The maximum atomic E-state index is 5.54. The zero-order valence-electron chi connectivity index (χ0n) is 10.3. The van der Waals surface area contributed by atoms with Crippen molar-refractivity contribution in [1.82, 2.24) is 10.5 Å². The summed E-state index contributed by atoms with van der Waals surface area (Å²) in [6.07, 6.45) is 0. The number of nitrogens with one attached hydrogen (secondary N) is 1. The molecule has 0 aromatic carbocycles. The maximum absolute atomic E-state index is 5.54. The van der Waals surface area contributed by atoms with Gasteiger partial charge in [-0.1, -0.05) is 0 Å². The third-order valence-electron chi connectivity index (χ3n) is 1.87. The second-order valence-electron chi connectivity index (χ2n) is 4.74. The molecule has 1 heterocycles. The number of nitrogens with zero attached hydrogens (tertiary/aromatic N) is 1. The topological polar surface area (TPSA) is 34.2 Å². The minimum Gasteiger partial charge on any atom is -0.295 e. The van der Waals surface area contributed by atoms with Crippen LogP contribution in [0.3, 0.4) is 0 Å². The van der Waals surface area contributed by atoms with Crippen molar-refractivity contribution in [3.8, 4) is 0 Å². The second kappa shape index (κ2) is 4.60. The lowest BCUT2D eigenvalue weighted by molar-refractivity contribution is -0.0862. The molecule has 0 saturated carbocycles. The quantitative estimate of drug-likeness (QED) is 0.807. The Morgan fingerprint density at radius 1 is 1.33 bits per heavy atom. The average Bonchev–Trinajstić information content (AvgIpc) is 2.40. The van der Waals surface area contributed by atoms with E-state index in [0.29, 0.717) is 0 Å². The van der Waals surface area contributed by atoms with Crippen molar-refractivity contribution in [2.45, 2.75) is 53.2 Å². The summed E-state index contributed by atoms with van der Waals surface area (Å²) in [6.45, 7) is 12.2. The lowest BCUT2D eigenvalue weighted by Gasteiger charge is -2.22. The monoisotopic (exact) mass is 228 g/mol. The molecule has 1 aromatic heterocycles. The Balaban J connectivity index is 2.61. The van der Waals surface area contributed by atoms with Crippen LogP contribution >= 0.6 is 11.3 Å². The fourth-order valence-corrected chi connectivity index (χ4v) is 2.19. The van der Waals surface area contributed by atoms with Gasteiger partial charge in [0.05, 0.1) is 22.3 Å². The Hall–Kier alpha value is -0.450. The van der Waals surface area contributed by atoms with Crippen molar-refractivity contribution in [3.63, 3.8) is 0 Å². The van der Waals surface area contributed by atoms with Crippen molar-refractivity contribution in [2.75, 3.05) is 0 Å². The zero-order chi connectivity index (χ0) is 11.6. The van der Waals surface area contributed by atoms with Crippen LogP contribution in [0.1, 0.15) is 49.3 Å². The zero-order valence-corrected chi connectivity index (χ0v) is 11.2. The van der Waals surface area contributed by atoms with Crippen molar-refractivity contribution < 1.29 is 4.84 Å². The van der Waals surface area contributed by atoms with Crippen molar-refractivity contribution in [3.05, 3.63) is 15.6 Å². The predicted octanol–water partition coefficient (Wildman–Crippen LogP) is 3.14. The minimum absolute atomic E-state index is 0.165. The van der Waals surface area contributed by atoms with Crippen LogP contribution in [0.2, 0.25) is 0 Å². The molecule has 4 heteroatoms. The Bertz CT molecular complexity index is 328. The number of hydrogen-bond donors (Lipinski definition) is 1. The lowest BCUT2D eigenvalue weighted by atomic mass is 10.2. The van der Waals surface area contributed by atoms with E-state index in [4.69, 9.17) is 4.84 Å². The fourth-order valence-electron chi connectivity index (χ4n) is 1.27. The summed E-state index contributed by atoms with van der Waals surface area (Å²) in [5.74, 6) is 0. The van der Waals surface area contributed by atoms with Crippen molar-refractivity contribution >= 4 is 11.3 Å². The van der Waals surface area contributed by atoms with E-state index in [1.807, 2.05) is 34.6 Å². The molecule has 0 aliphatic rings. The van der Waals surface area contributed by atoms with Gasteiger partial charge in [0.25, 0.3) is 0 Å². The van der Waals surface area contributed by atoms with Gasteiger partial charge in [0.2, 0.25) is 0 Å².